The zero-order valence-electron chi connectivity index (χ0n) is 12.5. The molecule has 0 radical (unpaired) electrons. The Labute approximate surface area is 124 Å². The van der Waals surface area contributed by atoms with Gasteiger partial charge in [-0.3, -0.25) is 4.79 Å². The minimum Gasteiger partial charge on any atom is -0.493 e. The van der Waals surface area contributed by atoms with Gasteiger partial charge in [0.1, 0.15) is 0 Å². The van der Waals surface area contributed by atoms with Crippen LogP contribution in [-0.4, -0.2) is 47.9 Å². The van der Waals surface area contributed by atoms with E-state index in [9.17, 15) is 13.2 Å². The Balaban J connectivity index is 2.93. The van der Waals surface area contributed by atoms with Crippen LogP contribution in [0.3, 0.4) is 0 Å². The molecule has 0 fully saturated rings. The van der Waals surface area contributed by atoms with Crippen LogP contribution in [0.25, 0.3) is 0 Å². The van der Waals surface area contributed by atoms with Crippen molar-refractivity contribution in [1.29, 1.82) is 0 Å². The second-order valence-corrected chi connectivity index (χ2v) is 6.21. The average molecular weight is 316 g/mol. The highest BCUT2D eigenvalue weighted by Gasteiger charge is 2.14. The summed E-state index contributed by atoms with van der Waals surface area (Å²) in [5, 5.41) is 0. The van der Waals surface area contributed by atoms with Crippen LogP contribution in [0.5, 0.6) is 11.5 Å². The number of carbonyl (C=O) groups excluding carboxylic acids is 1. The van der Waals surface area contributed by atoms with Gasteiger partial charge in [0, 0.05) is 31.8 Å². The molecule has 0 aliphatic rings. The smallest absolute Gasteiger partial charge is 0.223 e. The van der Waals surface area contributed by atoms with Crippen LogP contribution in [0.2, 0.25) is 0 Å². The van der Waals surface area contributed by atoms with E-state index in [4.69, 9.17) is 9.47 Å². The molecule has 21 heavy (non-hydrogen) atoms. The molecule has 1 amide bonds. The van der Waals surface area contributed by atoms with Crippen LogP contribution in [0.15, 0.2) is 18.2 Å². The Bertz CT molecular complexity index is 601. The monoisotopic (exact) mass is 316 g/mol. The topological polar surface area (TPSA) is 84.9 Å². The summed E-state index contributed by atoms with van der Waals surface area (Å²) in [7, 11) is -0.255. The van der Waals surface area contributed by atoms with Crippen molar-refractivity contribution in [1.82, 2.24) is 4.72 Å². The van der Waals surface area contributed by atoms with Crippen molar-refractivity contribution in [3.63, 3.8) is 0 Å². The number of rotatable bonds is 7. The molecule has 118 valence electrons. The quantitative estimate of drug-likeness (QED) is 0.796. The number of ether oxygens (including phenoxy) is 2. The summed E-state index contributed by atoms with van der Waals surface area (Å²) in [5.74, 6) is 0.855. The summed E-state index contributed by atoms with van der Waals surface area (Å²) in [6.45, 7) is 1.77. The van der Waals surface area contributed by atoms with Gasteiger partial charge < -0.3 is 14.4 Å². The number of benzene rings is 1. The third kappa shape index (κ3) is 5.24. The lowest BCUT2D eigenvalue weighted by Gasteiger charge is -2.22. The number of carbonyl (C=O) groups is 1. The highest BCUT2D eigenvalue weighted by atomic mass is 32.2. The molecule has 7 nitrogen and oxygen atoms in total. The number of sulfonamides is 1. The zero-order valence-corrected chi connectivity index (χ0v) is 13.4. The maximum atomic E-state index is 11.7. The molecule has 0 unspecified atom stereocenters. The van der Waals surface area contributed by atoms with Crippen LogP contribution in [0.1, 0.15) is 6.92 Å². The van der Waals surface area contributed by atoms with Gasteiger partial charge >= 0.3 is 0 Å². The summed E-state index contributed by atoms with van der Waals surface area (Å²) < 4.78 is 34.8. The predicted molar refractivity (Wildman–Crippen MR) is 80.4 cm³/mol. The summed E-state index contributed by atoms with van der Waals surface area (Å²) in [6.07, 6.45) is 1.07. The second-order valence-electron chi connectivity index (χ2n) is 4.38. The summed E-state index contributed by atoms with van der Waals surface area (Å²) in [4.78, 5) is 13.2. The molecular weight excluding hydrogens is 296 g/mol. The molecule has 0 heterocycles. The van der Waals surface area contributed by atoms with Gasteiger partial charge in [-0.2, -0.15) is 0 Å². The van der Waals surface area contributed by atoms with Gasteiger partial charge in [0.05, 0.1) is 20.5 Å². The van der Waals surface area contributed by atoms with Gasteiger partial charge in [0.2, 0.25) is 15.9 Å². The van der Waals surface area contributed by atoms with Crippen LogP contribution < -0.4 is 19.1 Å². The summed E-state index contributed by atoms with van der Waals surface area (Å²) in [6, 6.07) is 5.07. The summed E-state index contributed by atoms with van der Waals surface area (Å²) in [5.41, 5.74) is 0.607. The van der Waals surface area contributed by atoms with Gasteiger partial charge in [-0.05, 0) is 12.1 Å². The Kier molecular flexibility index (Phi) is 5.98. The van der Waals surface area contributed by atoms with E-state index in [1.165, 1.54) is 26.0 Å². The molecule has 1 aromatic carbocycles. The third-order valence-corrected chi connectivity index (χ3v) is 3.49. The average Bonchev–Trinajstić information content (AvgIpc) is 2.41. The molecule has 0 aliphatic carbocycles. The van der Waals surface area contributed by atoms with Crippen molar-refractivity contribution in [2.24, 2.45) is 0 Å². The molecule has 1 N–H and O–H groups in total. The standard InChI is InChI=1S/C13H20N2O5S/c1-10(16)15(8-7-14-21(4,17)18)11-5-6-12(19-2)13(9-11)20-3/h5-6,9,14H,7-8H2,1-4H3. The first-order valence-electron chi connectivity index (χ1n) is 6.23. The highest BCUT2D eigenvalue weighted by Crippen LogP contribution is 2.31. The van der Waals surface area contributed by atoms with Crippen LogP contribution >= 0.6 is 0 Å². The molecular formula is C13H20N2O5S. The third-order valence-electron chi connectivity index (χ3n) is 2.76. The first-order chi connectivity index (χ1) is 9.78. The Morgan fingerprint density at radius 2 is 1.86 bits per heavy atom. The molecule has 8 heteroatoms. The van der Waals surface area contributed by atoms with E-state index < -0.39 is 10.0 Å². The van der Waals surface area contributed by atoms with Gasteiger partial charge in [0.25, 0.3) is 0 Å². The minimum absolute atomic E-state index is 0.132. The van der Waals surface area contributed by atoms with Crippen molar-refractivity contribution in [2.75, 3.05) is 38.5 Å². The Morgan fingerprint density at radius 3 is 2.33 bits per heavy atom. The van der Waals surface area contributed by atoms with E-state index in [0.29, 0.717) is 17.2 Å². The van der Waals surface area contributed by atoms with Crippen molar-refractivity contribution in [2.45, 2.75) is 6.92 Å². The largest absolute Gasteiger partial charge is 0.493 e. The Hall–Kier alpha value is -1.80. The molecule has 0 spiro atoms. The fourth-order valence-electron chi connectivity index (χ4n) is 1.80. The number of amides is 1. The number of anilines is 1. The number of hydrogen-bond acceptors (Lipinski definition) is 5. The van der Waals surface area contributed by atoms with E-state index in [2.05, 4.69) is 4.72 Å². The molecule has 0 bridgehead atoms. The number of nitrogens with one attached hydrogen (secondary N) is 1. The van der Waals surface area contributed by atoms with Crippen molar-refractivity contribution < 1.29 is 22.7 Å². The molecule has 0 saturated carbocycles. The minimum atomic E-state index is -3.28. The normalized spacial score (nSPS) is 11.0. The second kappa shape index (κ2) is 7.28. The van der Waals surface area contributed by atoms with E-state index in [1.807, 2.05) is 0 Å². The maximum absolute atomic E-state index is 11.7. The highest BCUT2D eigenvalue weighted by molar-refractivity contribution is 7.88. The zero-order chi connectivity index (χ0) is 16.0. The molecule has 0 aromatic heterocycles. The lowest BCUT2D eigenvalue weighted by molar-refractivity contribution is -0.116. The molecule has 0 aliphatic heterocycles. The number of methoxy groups -OCH3 is 2. The molecule has 0 saturated heterocycles. The van der Waals surface area contributed by atoms with Crippen LogP contribution in [0, 0.1) is 0 Å². The van der Waals surface area contributed by atoms with Gasteiger partial charge in [-0.15, -0.1) is 0 Å². The molecule has 1 aromatic rings. The Morgan fingerprint density at radius 1 is 1.24 bits per heavy atom. The lowest BCUT2D eigenvalue weighted by atomic mass is 10.2. The SMILES string of the molecule is COc1ccc(N(CCNS(C)(=O)=O)C(C)=O)cc1OC. The molecule has 1 rings (SSSR count). The van der Waals surface area contributed by atoms with Crippen molar-refractivity contribution >= 4 is 21.6 Å². The van der Waals surface area contributed by atoms with Gasteiger partial charge in [0.15, 0.2) is 11.5 Å². The van der Waals surface area contributed by atoms with Gasteiger partial charge in [-0.25, -0.2) is 13.1 Å². The van der Waals surface area contributed by atoms with E-state index in [-0.39, 0.29) is 19.0 Å². The van der Waals surface area contributed by atoms with Crippen molar-refractivity contribution in [3.05, 3.63) is 18.2 Å². The number of nitrogens with zero attached hydrogens (tertiary/aromatic N) is 1. The van der Waals surface area contributed by atoms with Gasteiger partial charge in [-0.1, -0.05) is 0 Å². The van der Waals surface area contributed by atoms with E-state index >= 15 is 0 Å². The van der Waals surface area contributed by atoms with E-state index in [1.54, 1.807) is 18.2 Å². The fraction of sp³-hybridized carbons (Fsp3) is 0.462. The molecule has 0 atom stereocenters. The predicted octanol–water partition coefficient (Wildman–Crippen LogP) is 0.606. The fourth-order valence-corrected chi connectivity index (χ4v) is 2.27. The van der Waals surface area contributed by atoms with Crippen LogP contribution in [0.4, 0.5) is 5.69 Å². The first-order valence-corrected chi connectivity index (χ1v) is 8.12. The van der Waals surface area contributed by atoms with Crippen molar-refractivity contribution in [3.8, 4) is 11.5 Å². The summed E-state index contributed by atoms with van der Waals surface area (Å²) >= 11 is 0. The maximum Gasteiger partial charge on any atom is 0.223 e. The van der Waals surface area contributed by atoms with E-state index in [0.717, 1.165) is 6.26 Å². The lowest BCUT2D eigenvalue weighted by Crippen LogP contribution is -2.37. The van der Waals surface area contributed by atoms with Crippen LogP contribution in [-0.2, 0) is 14.8 Å². The number of hydrogen-bond donors (Lipinski definition) is 1. The first kappa shape index (κ1) is 17.3.